The zero-order chi connectivity index (χ0) is 11.5. The average molecular weight is 218 g/mol. The molecule has 1 aromatic carbocycles. The highest BCUT2D eigenvalue weighted by molar-refractivity contribution is 5.98. The number of hydrogen-bond donors (Lipinski definition) is 1. The maximum atomic E-state index is 11.8. The van der Waals surface area contributed by atoms with Gasteiger partial charge in [0.25, 0.3) is 0 Å². The Morgan fingerprint density at radius 1 is 1.19 bits per heavy atom. The molecule has 2 amide bonds. The predicted molar refractivity (Wildman–Crippen MR) is 61.2 cm³/mol. The molecule has 0 aromatic heterocycles. The molecule has 0 spiro atoms. The Labute approximate surface area is 94.2 Å². The molecule has 84 valence electrons. The van der Waals surface area contributed by atoms with E-state index < -0.39 is 0 Å². The van der Waals surface area contributed by atoms with Gasteiger partial charge in [0.15, 0.2) is 0 Å². The van der Waals surface area contributed by atoms with Crippen LogP contribution >= 0.6 is 0 Å². The SMILES string of the molecule is Cc1ccc(N2CCC(=O)NCC2=O)cc1. The molecule has 1 N–H and O–H groups in total. The standard InChI is InChI=1S/C12H14N2O2/c1-9-2-4-10(5-3-9)14-7-6-11(15)13-8-12(14)16/h2-5H,6-8H2,1H3,(H,13,15). The van der Waals surface area contributed by atoms with Gasteiger partial charge >= 0.3 is 0 Å². The van der Waals surface area contributed by atoms with Gasteiger partial charge in [-0.15, -0.1) is 0 Å². The van der Waals surface area contributed by atoms with Crippen LogP contribution in [-0.2, 0) is 9.59 Å². The summed E-state index contributed by atoms with van der Waals surface area (Å²) in [5, 5.41) is 2.58. The molecule has 1 aromatic rings. The molecule has 1 saturated heterocycles. The molecule has 0 saturated carbocycles. The second kappa shape index (κ2) is 4.35. The molecule has 16 heavy (non-hydrogen) atoms. The molecule has 0 unspecified atom stereocenters. The molecule has 2 rings (SSSR count). The largest absolute Gasteiger partial charge is 0.347 e. The number of carbonyl (C=O) groups excluding carboxylic acids is 2. The normalized spacial score (nSPS) is 16.9. The number of rotatable bonds is 1. The van der Waals surface area contributed by atoms with Crippen LogP contribution in [0.15, 0.2) is 24.3 Å². The van der Waals surface area contributed by atoms with Crippen LogP contribution < -0.4 is 10.2 Å². The van der Waals surface area contributed by atoms with E-state index in [1.165, 1.54) is 0 Å². The Morgan fingerprint density at radius 2 is 1.88 bits per heavy atom. The van der Waals surface area contributed by atoms with Crippen LogP contribution in [0.2, 0.25) is 0 Å². The van der Waals surface area contributed by atoms with Crippen LogP contribution in [0.5, 0.6) is 0 Å². The van der Waals surface area contributed by atoms with Crippen molar-refractivity contribution in [2.24, 2.45) is 0 Å². The van der Waals surface area contributed by atoms with Crippen LogP contribution in [-0.4, -0.2) is 24.9 Å². The monoisotopic (exact) mass is 218 g/mol. The van der Waals surface area contributed by atoms with Gasteiger partial charge in [-0.25, -0.2) is 0 Å². The maximum Gasteiger partial charge on any atom is 0.246 e. The van der Waals surface area contributed by atoms with Crippen molar-refractivity contribution in [1.29, 1.82) is 0 Å². The Bertz CT molecular complexity index is 412. The quantitative estimate of drug-likeness (QED) is 0.759. The fourth-order valence-corrected chi connectivity index (χ4v) is 1.69. The van der Waals surface area contributed by atoms with Crippen molar-refractivity contribution in [3.05, 3.63) is 29.8 Å². The molecular weight excluding hydrogens is 204 g/mol. The summed E-state index contributed by atoms with van der Waals surface area (Å²) < 4.78 is 0. The fraction of sp³-hybridized carbons (Fsp3) is 0.333. The van der Waals surface area contributed by atoms with Crippen molar-refractivity contribution >= 4 is 17.5 Å². The summed E-state index contributed by atoms with van der Waals surface area (Å²) in [6.45, 7) is 2.54. The minimum atomic E-state index is -0.0667. The third-order valence-corrected chi connectivity index (χ3v) is 2.65. The minimum Gasteiger partial charge on any atom is -0.347 e. The van der Waals surface area contributed by atoms with Crippen LogP contribution in [0.25, 0.3) is 0 Å². The summed E-state index contributed by atoms with van der Waals surface area (Å²) in [7, 11) is 0. The lowest BCUT2D eigenvalue weighted by Gasteiger charge is -2.19. The van der Waals surface area contributed by atoms with E-state index in [-0.39, 0.29) is 18.4 Å². The number of anilines is 1. The first-order chi connectivity index (χ1) is 7.66. The maximum absolute atomic E-state index is 11.8. The van der Waals surface area contributed by atoms with E-state index in [1.54, 1.807) is 4.90 Å². The Balaban J connectivity index is 2.21. The van der Waals surface area contributed by atoms with Crippen molar-refractivity contribution < 1.29 is 9.59 Å². The molecule has 0 atom stereocenters. The van der Waals surface area contributed by atoms with E-state index in [4.69, 9.17) is 0 Å². The van der Waals surface area contributed by atoms with Gasteiger partial charge in [0.1, 0.15) is 0 Å². The number of carbonyl (C=O) groups is 2. The van der Waals surface area contributed by atoms with E-state index in [0.717, 1.165) is 11.3 Å². The van der Waals surface area contributed by atoms with Gasteiger partial charge in [-0.05, 0) is 19.1 Å². The van der Waals surface area contributed by atoms with E-state index >= 15 is 0 Å². The van der Waals surface area contributed by atoms with Crippen molar-refractivity contribution in [3.8, 4) is 0 Å². The average Bonchev–Trinajstić information content (AvgIpc) is 2.44. The molecule has 0 aliphatic carbocycles. The summed E-state index contributed by atoms with van der Waals surface area (Å²) in [5.41, 5.74) is 2.01. The topological polar surface area (TPSA) is 49.4 Å². The zero-order valence-corrected chi connectivity index (χ0v) is 9.19. The van der Waals surface area contributed by atoms with Gasteiger partial charge < -0.3 is 10.2 Å². The van der Waals surface area contributed by atoms with Crippen LogP contribution in [0.1, 0.15) is 12.0 Å². The van der Waals surface area contributed by atoms with E-state index in [0.29, 0.717) is 13.0 Å². The fourth-order valence-electron chi connectivity index (χ4n) is 1.69. The first kappa shape index (κ1) is 10.7. The van der Waals surface area contributed by atoms with Crippen molar-refractivity contribution in [2.75, 3.05) is 18.0 Å². The Hall–Kier alpha value is -1.84. The van der Waals surface area contributed by atoms with Gasteiger partial charge in [0, 0.05) is 18.7 Å². The lowest BCUT2D eigenvalue weighted by atomic mass is 10.2. The van der Waals surface area contributed by atoms with Gasteiger partial charge in [0.05, 0.1) is 6.54 Å². The summed E-state index contributed by atoms with van der Waals surface area (Å²) in [5.74, 6) is -0.127. The molecule has 1 fully saturated rings. The molecule has 0 bridgehead atoms. The first-order valence-electron chi connectivity index (χ1n) is 5.30. The number of nitrogens with zero attached hydrogens (tertiary/aromatic N) is 1. The van der Waals surface area contributed by atoms with E-state index in [9.17, 15) is 9.59 Å². The van der Waals surface area contributed by atoms with Crippen molar-refractivity contribution in [3.63, 3.8) is 0 Å². The predicted octanol–water partition coefficient (Wildman–Crippen LogP) is 0.848. The summed E-state index contributed by atoms with van der Waals surface area (Å²) in [4.78, 5) is 24.6. The smallest absolute Gasteiger partial charge is 0.246 e. The number of amides is 2. The van der Waals surface area contributed by atoms with Gasteiger partial charge in [-0.1, -0.05) is 17.7 Å². The van der Waals surface area contributed by atoms with Gasteiger partial charge in [-0.2, -0.15) is 0 Å². The third kappa shape index (κ3) is 2.21. The van der Waals surface area contributed by atoms with Crippen LogP contribution in [0.3, 0.4) is 0 Å². The van der Waals surface area contributed by atoms with Crippen molar-refractivity contribution in [2.45, 2.75) is 13.3 Å². The van der Waals surface area contributed by atoms with Crippen molar-refractivity contribution in [1.82, 2.24) is 5.32 Å². The molecule has 4 heteroatoms. The van der Waals surface area contributed by atoms with Crippen LogP contribution in [0, 0.1) is 6.92 Å². The first-order valence-corrected chi connectivity index (χ1v) is 5.30. The number of benzene rings is 1. The lowest BCUT2D eigenvalue weighted by Crippen LogP contribution is -2.35. The number of hydrogen-bond acceptors (Lipinski definition) is 2. The summed E-state index contributed by atoms with van der Waals surface area (Å²) in [6.07, 6.45) is 0.361. The molecule has 1 aliphatic heterocycles. The summed E-state index contributed by atoms with van der Waals surface area (Å²) >= 11 is 0. The third-order valence-electron chi connectivity index (χ3n) is 2.65. The number of nitrogens with one attached hydrogen (secondary N) is 1. The molecule has 0 radical (unpaired) electrons. The molecular formula is C12H14N2O2. The van der Waals surface area contributed by atoms with E-state index in [1.807, 2.05) is 31.2 Å². The second-order valence-corrected chi connectivity index (χ2v) is 3.91. The second-order valence-electron chi connectivity index (χ2n) is 3.91. The highest BCUT2D eigenvalue weighted by Crippen LogP contribution is 2.16. The highest BCUT2D eigenvalue weighted by Gasteiger charge is 2.20. The minimum absolute atomic E-state index is 0.0605. The molecule has 4 nitrogen and oxygen atoms in total. The molecule has 1 aliphatic rings. The number of aryl methyl sites for hydroxylation is 1. The zero-order valence-electron chi connectivity index (χ0n) is 9.19. The van der Waals surface area contributed by atoms with Crippen LogP contribution in [0.4, 0.5) is 5.69 Å². The lowest BCUT2D eigenvalue weighted by molar-refractivity contribution is -0.123. The Kier molecular flexibility index (Phi) is 2.90. The van der Waals surface area contributed by atoms with E-state index in [2.05, 4.69) is 5.32 Å². The molecule has 1 heterocycles. The van der Waals surface area contributed by atoms with Gasteiger partial charge in [-0.3, -0.25) is 9.59 Å². The Morgan fingerprint density at radius 3 is 2.56 bits per heavy atom. The highest BCUT2D eigenvalue weighted by atomic mass is 16.2. The van der Waals surface area contributed by atoms with Gasteiger partial charge in [0.2, 0.25) is 11.8 Å². The summed E-state index contributed by atoms with van der Waals surface area (Å²) in [6, 6.07) is 7.73.